The molecule has 1 heterocycles. The van der Waals surface area contributed by atoms with Crippen molar-refractivity contribution in [2.75, 3.05) is 0 Å². The number of nitriles is 1. The van der Waals surface area contributed by atoms with Crippen LogP contribution in [0.25, 0.3) is 0 Å². The van der Waals surface area contributed by atoms with Gasteiger partial charge in [0.05, 0.1) is 16.7 Å². The Hall–Kier alpha value is -1.42. The first kappa shape index (κ1) is 16.9. The highest BCUT2D eigenvalue weighted by atomic mass is 35.5. The lowest BCUT2D eigenvalue weighted by molar-refractivity contribution is -0.137. The van der Waals surface area contributed by atoms with Crippen molar-refractivity contribution in [2.24, 2.45) is 0 Å². The number of hydrogen-bond acceptors (Lipinski definition) is 3. The molecule has 0 saturated heterocycles. The first-order valence-electron chi connectivity index (χ1n) is 5.85. The van der Waals surface area contributed by atoms with Gasteiger partial charge >= 0.3 is 6.18 Å². The molecule has 2 rings (SSSR count). The molecular weight excluding hydrogens is 356 g/mol. The van der Waals surface area contributed by atoms with Gasteiger partial charge in [0.2, 0.25) is 0 Å². The van der Waals surface area contributed by atoms with Crippen LogP contribution in [0.5, 0.6) is 0 Å². The third-order valence-corrected chi connectivity index (χ3v) is 4.47. The van der Waals surface area contributed by atoms with Crippen LogP contribution < -0.4 is 0 Å². The van der Waals surface area contributed by atoms with Gasteiger partial charge < -0.3 is 0 Å². The molecule has 1 aromatic carbocycles. The van der Waals surface area contributed by atoms with E-state index in [0.717, 1.165) is 17.8 Å². The average Bonchev–Trinajstić information content (AvgIpc) is 2.46. The van der Waals surface area contributed by atoms with Gasteiger partial charge in [-0.25, -0.2) is 4.98 Å². The Balaban J connectivity index is 2.25. The fraction of sp³-hybridized carbons (Fsp3) is 0.143. The molecule has 1 aromatic heterocycles. The lowest BCUT2D eigenvalue weighted by Gasteiger charge is -2.12. The van der Waals surface area contributed by atoms with Crippen LogP contribution in [0.2, 0.25) is 10.0 Å². The van der Waals surface area contributed by atoms with Crippen LogP contribution in [0.3, 0.4) is 0 Å². The van der Waals surface area contributed by atoms with E-state index in [4.69, 9.17) is 23.2 Å². The molecule has 0 N–H and O–H groups in total. The van der Waals surface area contributed by atoms with Crippen molar-refractivity contribution < 1.29 is 13.2 Å². The molecule has 2 aromatic rings. The lowest BCUT2D eigenvalue weighted by atomic mass is 10.2. The zero-order valence-electron chi connectivity index (χ0n) is 10.7. The van der Waals surface area contributed by atoms with E-state index in [1.165, 1.54) is 0 Å². The molecule has 0 aliphatic carbocycles. The van der Waals surface area contributed by atoms with Crippen molar-refractivity contribution in [1.82, 2.24) is 4.98 Å². The summed E-state index contributed by atoms with van der Waals surface area (Å²) in [5.41, 5.74) is -0.267. The van der Waals surface area contributed by atoms with Crippen LogP contribution in [0.4, 0.5) is 13.2 Å². The number of alkyl halides is 3. The summed E-state index contributed by atoms with van der Waals surface area (Å²) in [5.74, 6) is 0. The van der Waals surface area contributed by atoms with Gasteiger partial charge in [0.25, 0.3) is 0 Å². The predicted octanol–water partition coefficient (Wildman–Crippen LogP) is 5.76. The normalized spacial score (nSPS) is 12.7. The monoisotopic (exact) mass is 362 g/mol. The second-order valence-corrected chi connectivity index (χ2v) is 6.12. The Labute approximate surface area is 138 Å². The highest BCUT2D eigenvalue weighted by Crippen LogP contribution is 2.39. The molecule has 0 aliphatic rings. The number of hydrogen-bond donors (Lipinski definition) is 0. The SMILES string of the molecule is N#C[C@H](Sc1ncc(C(F)(F)F)cc1Cl)c1ccc(Cl)cc1. The van der Waals surface area contributed by atoms with Crippen molar-refractivity contribution >= 4 is 35.0 Å². The van der Waals surface area contributed by atoms with Gasteiger partial charge in [0.15, 0.2) is 0 Å². The summed E-state index contributed by atoms with van der Waals surface area (Å²) in [4.78, 5) is 3.71. The van der Waals surface area contributed by atoms with E-state index in [1.54, 1.807) is 24.3 Å². The number of nitrogens with zero attached hydrogens (tertiary/aromatic N) is 2. The highest BCUT2D eigenvalue weighted by Gasteiger charge is 2.31. The second-order valence-electron chi connectivity index (χ2n) is 4.19. The van der Waals surface area contributed by atoms with Crippen LogP contribution in [-0.2, 0) is 6.18 Å². The number of pyridine rings is 1. The number of rotatable bonds is 3. The molecule has 0 unspecified atom stereocenters. The summed E-state index contributed by atoms with van der Waals surface area (Å²) in [6.07, 6.45) is -3.81. The van der Waals surface area contributed by atoms with Crippen molar-refractivity contribution in [1.29, 1.82) is 5.26 Å². The molecule has 8 heteroatoms. The first-order valence-corrected chi connectivity index (χ1v) is 7.49. The number of thioether (sulfide) groups is 1. The van der Waals surface area contributed by atoms with Gasteiger partial charge in [-0.15, -0.1) is 0 Å². The summed E-state index contributed by atoms with van der Waals surface area (Å²) in [6, 6.07) is 9.45. The Morgan fingerprint density at radius 1 is 1.18 bits per heavy atom. The molecular formula is C14H7Cl2F3N2S. The van der Waals surface area contributed by atoms with Crippen molar-refractivity contribution in [3.8, 4) is 6.07 Å². The Kier molecular flexibility index (Phi) is 5.22. The summed E-state index contributed by atoms with van der Waals surface area (Å²) in [5, 5.41) is 9.12. The largest absolute Gasteiger partial charge is 0.417 e. The van der Waals surface area contributed by atoms with Gasteiger partial charge in [-0.1, -0.05) is 47.1 Å². The molecule has 0 bridgehead atoms. The van der Waals surface area contributed by atoms with Gasteiger partial charge in [0, 0.05) is 11.2 Å². The quantitative estimate of drug-likeness (QED) is 0.650. The zero-order chi connectivity index (χ0) is 16.3. The minimum Gasteiger partial charge on any atom is -0.248 e. The molecule has 0 spiro atoms. The van der Waals surface area contributed by atoms with Crippen LogP contribution >= 0.6 is 35.0 Å². The van der Waals surface area contributed by atoms with Gasteiger partial charge in [-0.3, -0.25) is 0 Å². The minimum atomic E-state index is -4.51. The Bertz CT molecular complexity index is 712. The Morgan fingerprint density at radius 3 is 2.32 bits per heavy atom. The molecule has 0 fully saturated rings. The van der Waals surface area contributed by atoms with E-state index in [2.05, 4.69) is 11.1 Å². The summed E-state index contributed by atoms with van der Waals surface area (Å²) in [7, 11) is 0. The molecule has 1 atom stereocenters. The Morgan fingerprint density at radius 2 is 1.82 bits per heavy atom. The second kappa shape index (κ2) is 6.78. The van der Waals surface area contributed by atoms with Gasteiger partial charge in [-0.05, 0) is 23.8 Å². The topological polar surface area (TPSA) is 36.7 Å². The van der Waals surface area contributed by atoms with E-state index in [-0.39, 0.29) is 10.0 Å². The van der Waals surface area contributed by atoms with Crippen LogP contribution in [0.1, 0.15) is 16.4 Å². The summed E-state index contributed by atoms with van der Waals surface area (Å²) >= 11 is 12.6. The fourth-order valence-corrected chi connectivity index (χ4v) is 2.87. The van der Waals surface area contributed by atoms with Crippen LogP contribution in [0.15, 0.2) is 41.6 Å². The fourth-order valence-electron chi connectivity index (χ4n) is 1.59. The third kappa shape index (κ3) is 4.07. The van der Waals surface area contributed by atoms with Gasteiger partial charge in [0.1, 0.15) is 10.3 Å². The first-order chi connectivity index (χ1) is 10.3. The summed E-state index contributed by atoms with van der Waals surface area (Å²) in [6.45, 7) is 0. The third-order valence-electron chi connectivity index (χ3n) is 2.65. The molecule has 114 valence electrons. The number of aromatic nitrogens is 1. The van der Waals surface area contributed by atoms with Gasteiger partial charge in [-0.2, -0.15) is 18.4 Å². The van der Waals surface area contributed by atoms with Crippen molar-refractivity contribution in [3.63, 3.8) is 0 Å². The van der Waals surface area contributed by atoms with E-state index in [1.807, 2.05) is 0 Å². The predicted molar refractivity (Wildman–Crippen MR) is 79.9 cm³/mol. The van der Waals surface area contributed by atoms with Crippen LogP contribution in [-0.4, -0.2) is 4.98 Å². The molecule has 0 aliphatic heterocycles. The number of halogens is 5. The van der Waals surface area contributed by atoms with E-state index < -0.39 is 17.0 Å². The van der Waals surface area contributed by atoms with E-state index in [9.17, 15) is 18.4 Å². The smallest absolute Gasteiger partial charge is 0.248 e. The van der Waals surface area contributed by atoms with Crippen molar-refractivity contribution in [3.05, 3.63) is 57.7 Å². The molecule has 0 saturated carbocycles. The maximum atomic E-state index is 12.6. The number of benzene rings is 1. The molecule has 0 radical (unpaired) electrons. The molecule has 0 amide bonds. The summed E-state index contributed by atoms with van der Waals surface area (Å²) < 4.78 is 37.7. The lowest BCUT2D eigenvalue weighted by Crippen LogP contribution is -2.05. The minimum absolute atomic E-state index is 0.144. The van der Waals surface area contributed by atoms with Crippen LogP contribution in [0, 0.1) is 11.3 Å². The molecule has 22 heavy (non-hydrogen) atoms. The zero-order valence-corrected chi connectivity index (χ0v) is 13.1. The standard InChI is InChI=1S/C14H7Cl2F3N2S/c15-10-3-1-8(2-4-10)12(6-20)22-13-11(16)5-9(7-21-13)14(17,18)19/h1-5,7,12H/t12-/m0/s1. The van der Waals surface area contributed by atoms with Crippen molar-refractivity contribution in [2.45, 2.75) is 16.5 Å². The highest BCUT2D eigenvalue weighted by molar-refractivity contribution is 7.99. The molecule has 2 nitrogen and oxygen atoms in total. The maximum absolute atomic E-state index is 12.6. The van der Waals surface area contributed by atoms with E-state index >= 15 is 0 Å². The maximum Gasteiger partial charge on any atom is 0.417 e. The average molecular weight is 363 g/mol. The van der Waals surface area contributed by atoms with E-state index in [0.29, 0.717) is 16.8 Å².